The van der Waals surface area contributed by atoms with Crippen molar-refractivity contribution >= 4 is 0 Å². The molecule has 0 spiro atoms. The van der Waals surface area contributed by atoms with Gasteiger partial charge in [0.05, 0.1) is 13.7 Å². The van der Waals surface area contributed by atoms with Gasteiger partial charge < -0.3 is 14.8 Å². The molecule has 0 aromatic heterocycles. The molecule has 0 aliphatic heterocycles. The van der Waals surface area contributed by atoms with E-state index in [0.29, 0.717) is 6.04 Å². The molecular formula is C15H25NO2. The average Bonchev–Trinajstić information content (AvgIpc) is 2.41. The van der Waals surface area contributed by atoms with Crippen LogP contribution in [0.2, 0.25) is 0 Å². The lowest BCUT2D eigenvalue weighted by Gasteiger charge is -2.14. The van der Waals surface area contributed by atoms with Crippen molar-refractivity contribution < 1.29 is 9.47 Å². The minimum atomic E-state index is 0.561. The van der Waals surface area contributed by atoms with Gasteiger partial charge in [-0.15, -0.1) is 0 Å². The summed E-state index contributed by atoms with van der Waals surface area (Å²) in [4.78, 5) is 0. The summed E-state index contributed by atoms with van der Waals surface area (Å²) >= 11 is 0. The van der Waals surface area contributed by atoms with Gasteiger partial charge in [0.15, 0.2) is 11.5 Å². The van der Waals surface area contributed by atoms with Crippen LogP contribution in [0.5, 0.6) is 11.5 Å². The Labute approximate surface area is 110 Å². The summed E-state index contributed by atoms with van der Waals surface area (Å²) in [7, 11) is 1.67. The molecule has 0 fully saturated rings. The quantitative estimate of drug-likeness (QED) is 0.683. The van der Waals surface area contributed by atoms with Gasteiger partial charge in [-0.1, -0.05) is 19.1 Å². The highest BCUT2D eigenvalue weighted by atomic mass is 16.5. The summed E-state index contributed by atoms with van der Waals surface area (Å²) in [5, 5.41) is 3.47. The molecular weight excluding hydrogens is 226 g/mol. The van der Waals surface area contributed by atoms with E-state index in [-0.39, 0.29) is 0 Å². The highest BCUT2D eigenvalue weighted by Crippen LogP contribution is 2.25. The Morgan fingerprint density at radius 2 is 1.94 bits per heavy atom. The summed E-state index contributed by atoms with van der Waals surface area (Å²) in [6.45, 7) is 6.23. The van der Waals surface area contributed by atoms with Crippen molar-refractivity contribution in [3.8, 4) is 11.5 Å². The van der Waals surface area contributed by atoms with Gasteiger partial charge >= 0.3 is 0 Å². The lowest BCUT2D eigenvalue weighted by Crippen LogP contribution is -2.26. The Morgan fingerprint density at radius 3 is 2.61 bits per heavy atom. The fraction of sp³-hybridized carbons (Fsp3) is 0.600. The van der Waals surface area contributed by atoms with Crippen LogP contribution in [-0.4, -0.2) is 26.3 Å². The molecule has 0 heterocycles. The van der Waals surface area contributed by atoms with Gasteiger partial charge in [0, 0.05) is 6.04 Å². The average molecular weight is 251 g/mol. The van der Waals surface area contributed by atoms with Crippen LogP contribution >= 0.6 is 0 Å². The smallest absolute Gasteiger partial charge is 0.161 e. The van der Waals surface area contributed by atoms with Crippen LogP contribution in [0, 0.1) is 0 Å². The number of benzene rings is 1. The standard InChI is InChI=1S/C15H25NO2/c1-4-11-16-13(2)8-7-12-18-15-10-6-5-9-14(15)17-3/h5-6,9-10,13,16H,4,7-8,11-12H2,1-3H3. The predicted molar refractivity (Wildman–Crippen MR) is 75.5 cm³/mol. The molecule has 0 bridgehead atoms. The Balaban J connectivity index is 2.21. The van der Waals surface area contributed by atoms with Crippen LogP contribution in [0.25, 0.3) is 0 Å². The molecule has 102 valence electrons. The van der Waals surface area contributed by atoms with E-state index in [1.807, 2.05) is 24.3 Å². The summed E-state index contributed by atoms with van der Waals surface area (Å²) < 4.78 is 11.0. The molecule has 0 aliphatic carbocycles. The zero-order valence-corrected chi connectivity index (χ0v) is 11.7. The number of para-hydroxylation sites is 2. The number of rotatable bonds is 9. The molecule has 0 aliphatic rings. The van der Waals surface area contributed by atoms with E-state index in [1.165, 1.54) is 6.42 Å². The van der Waals surface area contributed by atoms with Gasteiger partial charge in [-0.3, -0.25) is 0 Å². The van der Waals surface area contributed by atoms with Crippen LogP contribution < -0.4 is 14.8 Å². The Hall–Kier alpha value is -1.22. The van der Waals surface area contributed by atoms with Gasteiger partial charge in [0.2, 0.25) is 0 Å². The second kappa shape index (κ2) is 8.81. The topological polar surface area (TPSA) is 30.5 Å². The molecule has 0 saturated heterocycles. The van der Waals surface area contributed by atoms with Crippen LogP contribution in [0.1, 0.15) is 33.1 Å². The van der Waals surface area contributed by atoms with Crippen molar-refractivity contribution in [2.45, 2.75) is 39.2 Å². The third kappa shape index (κ3) is 5.41. The summed E-state index contributed by atoms with van der Waals surface area (Å²) in [5.41, 5.74) is 0. The molecule has 1 unspecified atom stereocenters. The van der Waals surface area contributed by atoms with Gasteiger partial charge in [0.1, 0.15) is 0 Å². The van der Waals surface area contributed by atoms with E-state index >= 15 is 0 Å². The first-order chi connectivity index (χ1) is 8.77. The van der Waals surface area contributed by atoms with E-state index in [4.69, 9.17) is 9.47 Å². The SMILES string of the molecule is CCCNC(C)CCCOc1ccccc1OC. The first-order valence-electron chi connectivity index (χ1n) is 6.77. The molecule has 3 heteroatoms. The molecule has 0 saturated carbocycles. The van der Waals surface area contributed by atoms with Gasteiger partial charge in [0.25, 0.3) is 0 Å². The van der Waals surface area contributed by atoms with Gasteiger partial charge in [-0.2, -0.15) is 0 Å². The lowest BCUT2D eigenvalue weighted by molar-refractivity contribution is 0.280. The molecule has 3 nitrogen and oxygen atoms in total. The van der Waals surface area contributed by atoms with Crippen LogP contribution in [0.15, 0.2) is 24.3 Å². The molecule has 1 aromatic carbocycles. The maximum absolute atomic E-state index is 5.73. The first-order valence-corrected chi connectivity index (χ1v) is 6.77. The van der Waals surface area contributed by atoms with Gasteiger partial charge in [-0.25, -0.2) is 0 Å². The second-order valence-corrected chi connectivity index (χ2v) is 4.50. The Kier molecular flexibility index (Phi) is 7.26. The van der Waals surface area contributed by atoms with Crippen molar-refractivity contribution in [2.75, 3.05) is 20.3 Å². The second-order valence-electron chi connectivity index (χ2n) is 4.50. The third-order valence-corrected chi connectivity index (χ3v) is 2.85. The fourth-order valence-electron chi connectivity index (χ4n) is 1.80. The zero-order chi connectivity index (χ0) is 13.2. The number of hydrogen-bond donors (Lipinski definition) is 1. The van der Waals surface area contributed by atoms with E-state index in [1.54, 1.807) is 7.11 Å². The predicted octanol–water partition coefficient (Wildman–Crippen LogP) is 3.24. The van der Waals surface area contributed by atoms with Crippen molar-refractivity contribution in [1.82, 2.24) is 5.32 Å². The Morgan fingerprint density at radius 1 is 1.22 bits per heavy atom. The van der Waals surface area contributed by atoms with E-state index in [9.17, 15) is 0 Å². The summed E-state index contributed by atoms with van der Waals surface area (Å²) in [5.74, 6) is 1.63. The number of nitrogens with one attached hydrogen (secondary N) is 1. The minimum absolute atomic E-state index is 0.561. The van der Waals surface area contributed by atoms with Crippen LogP contribution in [0.3, 0.4) is 0 Å². The Bertz CT molecular complexity index is 328. The van der Waals surface area contributed by atoms with E-state index in [0.717, 1.165) is 37.5 Å². The fourth-order valence-corrected chi connectivity index (χ4v) is 1.80. The van der Waals surface area contributed by atoms with Gasteiger partial charge in [-0.05, 0) is 44.9 Å². The van der Waals surface area contributed by atoms with E-state index < -0.39 is 0 Å². The highest BCUT2D eigenvalue weighted by molar-refractivity contribution is 5.39. The molecule has 0 radical (unpaired) electrons. The molecule has 0 amide bonds. The first kappa shape index (κ1) is 14.8. The highest BCUT2D eigenvalue weighted by Gasteiger charge is 2.03. The number of methoxy groups -OCH3 is 1. The van der Waals surface area contributed by atoms with Crippen LogP contribution in [0.4, 0.5) is 0 Å². The lowest BCUT2D eigenvalue weighted by atomic mass is 10.2. The minimum Gasteiger partial charge on any atom is -0.493 e. The van der Waals surface area contributed by atoms with Crippen LogP contribution in [-0.2, 0) is 0 Å². The third-order valence-electron chi connectivity index (χ3n) is 2.85. The molecule has 1 aromatic rings. The monoisotopic (exact) mass is 251 g/mol. The van der Waals surface area contributed by atoms with E-state index in [2.05, 4.69) is 19.2 Å². The normalized spacial score (nSPS) is 12.2. The summed E-state index contributed by atoms with van der Waals surface area (Å²) in [6, 6.07) is 8.33. The molecule has 18 heavy (non-hydrogen) atoms. The molecule has 1 atom stereocenters. The molecule has 1 N–H and O–H groups in total. The number of ether oxygens (including phenoxy) is 2. The van der Waals surface area contributed by atoms with Crippen molar-refractivity contribution in [3.05, 3.63) is 24.3 Å². The maximum Gasteiger partial charge on any atom is 0.161 e. The zero-order valence-electron chi connectivity index (χ0n) is 11.7. The maximum atomic E-state index is 5.73. The number of hydrogen-bond acceptors (Lipinski definition) is 3. The van der Waals surface area contributed by atoms with Crippen molar-refractivity contribution in [2.24, 2.45) is 0 Å². The largest absolute Gasteiger partial charge is 0.493 e. The summed E-state index contributed by atoms with van der Waals surface area (Å²) in [6.07, 6.45) is 3.37. The van der Waals surface area contributed by atoms with Crippen molar-refractivity contribution in [1.29, 1.82) is 0 Å². The van der Waals surface area contributed by atoms with Crippen molar-refractivity contribution in [3.63, 3.8) is 0 Å². The molecule has 1 rings (SSSR count).